The maximum atomic E-state index is 4.53. The summed E-state index contributed by atoms with van der Waals surface area (Å²) in [5.74, 6) is 1.93. The lowest BCUT2D eigenvalue weighted by Crippen LogP contribution is -1.99. The minimum Gasteiger partial charge on any atom is -0.322 e. The second-order valence-corrected chi connectivity index (χ2v) is 4.83. The molecule has 0 unspecified atom stereocenters. The first-order chi connectivity index (χ1) is 9.13. The Hall–Kier alpha value is -2.37. The third-order valence-electron chi connectivity index (χ3n) is 2.96. The Labute approximate surface area is 111 Å². The van der Waals surface area contributed by atoms with Crippen molar-refractivity contribution in [1.82, 2.24) is 24.4 Å². The monoisotopic (exact) mass is 256 g/mol. The van der Waals surface area contributed by atoms with E-state index in [9.17, 15) is 0 Å². The van der Waals surface area contributed by atoms with Crippen molar-refractivity contribution in [3.63, 3.8) is 0 Å². The van der Waals surface area contributed by atoms with E-state index in [2.05, 4.69) is 40.4 Å². The summed E-state index contributed by atoms with van der Waals surface area (Å²) in [4.78, 5) is 4.36. The van der Waals surface area contributed by atoms with E-state index in [0.717, 1.165) is 22.8 Å². The molecule has 0 amide bonds. The van der Waals surface area contributed by atoms with Gasteiger partial charge in [-0.1, -0.05) is 13.8 Å². The molecule has 1 N–H and O–H groups in total. The standard InChI is InChI=1S/C13H16N6/c1-9(2)10-8-11-13(14-5-7-19(11)16-10)15-12-4-6-18(3)17-12/h4-9H,1-3H3,(H,14,15,17). The molecule has 0 fully saturated rings. The predicted molar refractivity (Wildman–Crippen MR) is 73.6 cm³/mol. The van der Waals surface area contributed by atoms with Crippen molar-refractivity contribution in [2.24, 2.45) is 7.05 Å². The van der Waals surface area contributed by atoms with E-state index in [-0.39, 0.29) is 0 Å². The minimum absolute atomic E-state index is 0.391. The van der Waals surface area contributed by atoms with Gasteiger partial charge in [0, 0.05) is 31.7 Å². The molecular weight excluding hydrogens is 240 g/mol. The zero-order valence-electron chi connectivity index (χ0n) is 11.2. The molecule has 3 aromatic rings. The summed E-state index contributed by atoms with van der Waals surface area (Å²) in [6.45, 7) is 4.25. The number of nitrogens with zero attached hydrogens (tertiary/aromatic N) is 5. The third-order valence-corrected chi connectivity index (χ3v) is 2.96. The van der Waals surface area contributed by atoms with E-state index in [1.807, 2.05) is 30.0 Å². The largest absolute Gasteiger partial charge is 0.322 e. The summed E-state index contributed by atoms with van der Waals surface area (Å²) in [5, 5.41) is 12.0. The van der Waals surface area contributed by atoms with Gasteiger partial charge in [-0.25, -0.2) is 9.50 Å². The van der Waals surface area contributed by atoms with Crippen LogP contribution in [0.1, 0.15) is 25.5 Å². The molecule has 0 spiro atoms. The van der Waals surface area contributed by atoms with Crippen molar-refractivity contribution in [2.75, 3.05) is 5.32 Å². The van der Waals surface area contributed by atoms with Crippen molar-refractivity contribution in [1.29, 1.82) is 0 Å². The molecule has 0 aromatic carbocycles. The Bertz CT molecular complexity index is 709. The third kappa shape index (κ3) is 2.16. The molecule has 6 nitrogen and oxygen atoms in total. The molecule has 3 aromatic heterocycles. The van der Waals surface area contributed by atoms with Crippen molar-refractivity contribution >= 4 is 17.2 Å². The summed E-state index contributed by atoms with van der Waals surface area (Å²) < 4.78 is 3.59. The van der Waals surface area contributed by atoms with Gasteiger partial charge in [0.2, 0.25) is 0 Å². The highest BCUT2D eigenvalue weighted by Gasteiger charge is 2.10. The first-order valence-corrected chi connectivity index (χ1v) is 6.24. The zero-order chi connectivity index (χ0) is 13.4. The molecular formula is C13H16N6. The molecule has 19 heavy (non-hydrogen) atoms. The Balaban J connectivity index is 2.03. The number of anilines is 2. The molecule has 0 saturated carbocycles. The van der Waals surface area contributed by atoms with Crippen LogP contribution in [0.4, 0.5) is 11.6 Å². The SMILES string of the molecule is CC(C)c1cc2c(Nc3ccn(C)n3)nccn2n1. The average Bonchev–Trinajstić information content (AvgIpc) is 2.96. The van der Waals surface area contributed by atoms with E-state index in [1.54, 1.807) is 10.9 Å². The second-order valence-electron chi connectivity index (χ2n) is 4.83. The molecule has 0 saturated heterocycles. The number of rotatable bonds is 3. The fraction of sp³-hybridized carbons (Fsp3) is 0.308. The maximum absolute atomic E-state index is 4.53. The summed E-state index contributed by atoms with van der Waals surface area (Å²) in [7, 11) is 1.88. The van der Waals surface area contributed by atoms with Gasteiger partial charge in [0.05, 0.1) is 5.69 Å². The van der Waals surface area contributed by atoms with E-state index in [0.29, 0.717) is 5.92 Å². The minimum atomic E-state index is 0.391. The van der Waals surface area contributed by atoms with E-state index >= 15 is 0 Å². The predicted octanol–water partition coefficient (Wildman–Crippen LogP) is 2.33. The molecule has 0 atom stereocenters. The molecule has 0 aliphatic rings. The van der Waals surface area contributed by atoms with Crippen LogP contribution in [0.25, 0.3) is 5.52 Å². The van der Waals surface area contributed by atoms with Crippen LogP contribution < -0.4 is 5.32 Å². The zero-order valence-corrected chi connectivity index (χ0v) is 11.2. The van der Waals surface area contributed by atoms with Crippen LogP contribution in [-0.2, 0) is 7.05 Å². The summed E-state index contributed by atoms with van der Waals surface area (Å²) in [5.41, 5.74) is 2.01. The molecule has 0 aliphatic heterocycles. The van der Waals surface area contributed by atoms with Crippen LogP contribution in [0.3, 0.4) is 0 Å². The fourth-order valence-electron chi connectivity index (χ4n) is 1.92. The van der Waals surface area contributed by atoms with E-state index in [4.69, 9.17) is 0 Å². The van der Waals surface area contributed by atoms with Gasteiger partial charge < -0.3 is 5.32 Å². The first kappa shape index (κ1) is 11.7. The van der Waals surface area contributed by atoms with Gasteiger partial charge in [-0.3, -0.25) is 4.68 Å². The van der Waals surface area contributed by atoms with Crippen molar-refractivity contribution in [2.45, 2.75) is 19.8 Å². The number of fused-ring (bicyclic) bond motifs is 1. The lowest BCUT2D eigenvalue weighted by Gasteiger charge is -2.03. The Morgan fingerprint density at radius 1 is 1.21 bits per heavy atom. The summed E-state index contributed by atoms with van der Waals surface area (Å²) in [6, 6.07) is 3.97. The van der Waals surface area contributed by atoms with Gasteiger partial charge in [0.25, 0.3) is 0 Å². The molecule has 3 rings (SSSR count). The van der Waals surface area contributed by atoms with Gasteiger partial charge in [0.1, 0.15) is 5.52 Å². The number of nitrogens with one attached hydrogen (secondary N) is 1. The highest BCUT2D eigenvalue weighted by Crippen LogP contribution is 2.21. The molecule has 0 radical (unpaired) electrons. The fourth-order valence-corrected chi connectivity index (χ4v) is 1.92. The van der Waals surface area contributed by atoms with Gasteiger partial charge >= 0.3 is 0 Å². The van der Waals surface area contributed by atoms with Crippen molar-refractivity contribution in [3.8, 4) is 0 Å². The normalized spacial score (nSPS) is 11.4. The van der Waals surface area contributed by atoms with E-state index in [1.165, 1.54) is 0 Å². The van der Waals surface area contributed by atoms with Gasteiger partial charge in [-0.15, -0.1) is 0 Å². The molecule has 3 heterocycles. The number of aryl methyl sites for hydroxylation is 1. The molecule has 6 heteroatoms. The Morgan fingerprint density at radius 3 is 2.74 bits per heavy atom. The smallest absolute Gasteiger partial charge is 0.157 e. The van der Waals surface area contributed by atoms with Gasteiger partial charge in [-0.2, -0.15) is 10.2 Å². The van der Waals surface area contributed by atoms with Crippen molar-refractivity contribution < 1.29 is 0 Å². The van der Waals surface area contributed by atoms with Gasteiger partial charge in [-0.05, 0) is 12.0 Å². The molecule has 98 valence electrons. The maximum Gasteiger partial charge on any atom is 0.157 e. The lowest BCUT2D eigenvalue weighted by atomic mass is 10.1. The highest BCUT2D eigenvalue weighted by atomic mass is 15.3. The summed E-state index contributed by atoms with van der Waals surface area (Å²) in [6.07, 6.45) is 5.47. The van der Waals surface area contributed by atoms with Crippen LogP contribution in [0, 0.1) is 0 Å². The quantitative estimate of drug-likeness (QED) is 0.781. The van der Waals surface area contributed by atoms with E-state index < -0.39 is 0 Å². The molecule has 0 aliphatic carbocycles. The number of hydrogen-bond acceptors (Lipinski definition) is 4. The first-order valence-electron chi connectivity index (χ1n) is 6.24. The number of aromatic nitrogens is 5. The van der Waals surface area contributed by atoms with Crippen LogP contribution >= 0.6 is 0 Å². The lowest BCUT2D eigenvalue weighted by molar-refractivity contribution is 0.771. The van der Waals surface area contributed by atoms with Crippen LogP contribution in [0.15, 0.2) is 30.7 Å². The van der Waals surface area contributed by atoms with Gasteiger partial charge in [0.15, 0.2) is 11.6 Å². The summed E-state index contributed by atoms with van der Waals surface area (Å²) >= 11 is 0. The molecule has 0 bridgehead atoms. The Kier molecular flexibility index (Phi) is 2.70. The van der Waals surface area contributed by atoms with Crippen LogP contribution in [-0.4, -0.2) is 24.4 Å². The van der Waals surface area contributed by atoms with Crippen LogP contribution in [0.5, 0.6) is 0 Å². The topological polar surface area (TPSA) is 60.0 Å². The average molecular weight is 256 g/mol. The van der Waals surface area contributed by atoms with Crippen LogP contribution in [0.2, 0.25) is 0 Å². The Morgan fingerprint density at radius 2 is 2.05 bits per heavy atom. The number of hydrogen-bond donors (Lipinski definition) is 1. The highest BCUT2D eigenvalue weighted by molar-refractivity contribution is 5.72. The van der Waals surface area contributed by atoms with Crippen molar-refractivity contribution in [3.05, 3.63) is 36.4 Å². The second kappa shape index (κ2) is 4.38.